The Morgan fingerprint density at radius 2 is 1.19 bits per heavy atom. The molecular weight excluding hydrogens is 518 g/mol. The Morgan fingerprint density at radius 3 is 1.64 bits per heavy atom. The summed E-state index contributed by atoms with van der Waals surface area (Å²) >= 11 is 0. The van der Waals surface area contributed by atoms with Crippen LogP contribution in [-0.2, 0) is 46.4 Å². The third-order valence-corrected chi connectivity index (χ3v) is 9.22. The topological polar surface area (TPSA) is 148 Å². The van der Waals surface area contributed by atoms with Crippen LogP contribution in [0.2, 0.25) is 0 Å². The molecular formula is C22H44O12P2. The zero-order valence-electron chi connectivity index (χ0n) is 22.9. The van der Waals surface area contributed by atoms with Gasteiger partial charge in [0, 0.05) is 14.2 Å². The molecule has 0 aromatic rings. The molecule has 0 amide bonds. The van der Waals surface area contributed by atoms with Crippen molar-refractivity contribution in [3.63, 3.8) is 0 Å². The predicted molar refractivity (Wildman–Crippen MR) is 131 cm³/mol. The molecule has 0 bridgehead atoms. The molecule has 12 nitrogen and oxygen atoms in total. The SMILES string of the molecule is CO[C@H]1C(OC(C)(C)C)[C@@H](COP(=O)(O)OC2[C@@H](COP(=O)(O)C(C)(C)C)O[C@@H](C)[C@H]2OC)O[C@H]1C. The Hall–Kier alpha value is 0.0600. The summed E-state index contributed by atoms with van der Waals surface area (Å²) in [5.41, 5.74) is -0.512. The molecule has 0 saturated carbocycles. The van der Waals surface area contributed by atoms with Crippen molar-refractivity contribution in [3.8, 4) is 0 Å². The Kier molecular flexibility index (Phi) is 10.8. The highest BCUT2D eigenvalue weighted by Gasteiger charge is 2.50. The lowest BCUT2D eigenvalue weighted by atomic mass is 10.1. The van der Waals surface area contributed by atoms with Gasteiger partial charge in [0.25, 0.3) is 0 Å². The fraction of sp³-hybridized carbons (Fsp3) is 1.00. The van der Waals surface area contributed by atoms with E-state index in [0.717, 1.165) is 0 Å². The van der Waals surface area contributed by atoms with Crippen LogP contribution in [0.4, 0.5) is 0 Å². The maximum Gasteiger partial charge on any atom is 0.472 e. The van der Waals surface area contributed by atoms with Gasteiger partial charge in [-0.2, -0.15) is 0 Å². The first kappa shape index (κ1) is 32.3. The maximum absolute atomic E-state index is 13.0. The predicted octanol–water partition coefficient (Wildman–Crippen LogP) is 3.28. The minimum atomic E-state index is -4.65. The minimum absolute atomic E-state index is 0.295. The van der Waals surface area contributed by atoms with E-state index >= 15 is 0 Å². The Bertz CT molecular complexity index is 810. The van der Waals surface area contributed by atoms with Crippen molar-refractivity contribution in [2.45, 2.75) is 115 Å². The van der Waals surface area contributed by atoms with Gasteiger partial charge < -0.3 is 38.0 Å². The molecule has 36 heavy (non-hydrogen) atoms. The summed E-state index contributed by atoms with van der Waals surface area (Å²) in [6, 6.07) is 0. The van der Waals surface area contributed by atoms with Crippen LogP contribution in [0, 0.1) is 0 Å². The molecule has 2 fully saturated rings. The van der Waals surface area contributed by atoms with E-state index < -0.39 is 68.9 Å². The number of methoxy groups -OCH3 is 2. The highest BCUT2D eigenvalue weighted by atomic mass is 31.2. The molecule has 2 rings (SSSR count). The zero-order chi connectivity index (χ0) is 27.7. The van der Waals surface area contributed by atoms with Gasteiger partial charge >= 0.3 is 15.4 Å². The Balaban J connectivity index is 2.10. The maximum atomic E-state index is 13.0. The lowest BCUT2D eigenvalue weighted by molar-refractivity contribution is -0.125. The normalized spacial score (nSPS) is 37.1. The smallest absolute Gasteiger partial charge is 0.376 e. The standard InChI is InChI=1S/C22H44O12P2/c1-13-17(27-9)19(33-21(3,4)5)15(31-13)12-30-36(25,26)34-20-16(32-14(2)18(20)28-10)11-29-35(23,24)22(6,7)8/h13-20H,11-12H2,1-10H3,(H,23,24)(H,25,26)/t13-,14-,15+,16+,17+,18+,19?,20?/m0/s1. The molecule has 4 unspecified atom stereocenters. The molecule has 0 aromatic heterocycles. The summed E-state index contributed by atoms with van der Waals surface area (Å²) in [5, 5.41) is -1.02. The van der Waals surface area contributed by atoms with Crippen molar-refractivity contribution < 1.29 is 56.2 Å². The first-order valence-electron chi connectivity index (χ1n) is 12.0. The largest absolute Gasteiger partial charge is 0.472 e. The van der Waals surface area contributed by atoms with Crippen LogP contribution >= 0.6 is 15.4 Å². The van der Waals surface area contributed by atoms with Crippen molar-refractivity contribution in [2.75, 3.05) is 27.4 Å². The monoisotopic (exact) mass is 562 g/mol. The van der Waals surface area contributed by atoms with Crippen LogP contribution in [0.1, 0.15) is 55.4 Å². The van der Waals surface area contributed by atoms with E-state index in [1.54, 1.807) is 34.8 Å². The highest BCUT2D eigenvalue weighted by molar-refractivity contribution is 7.54. The molecule has 2 N–H and O–H groups in total. The lowest BCUT2D eigenvalue weighted by Gasteiger charge is -2.31. The Labute approximate surface area is 214 Å². The van der Waals surface area contributed by atoms with E-state index in [1.807, 2.05) is 27.7 Å². The van der Waals surface area contributed by atoms with Crippen LogP contribution in [0.5, 0.6) is 0 Å². The summed E-state index contributed by atoms with van der Waals surface area (Å²) in [5.74, 6) is 0. The number of phosphoric acid groups is 1. The summed E-state index contributed by atoms with van der Waals surface area (Å²) in [6.07, 6.45) is -5.26. The minimum Gasteiger partial charge on any atom is -0.376 e. The number of hydrogen-bond donors (Lipinski definition) is 2. The van der Waals surface area contributed by atoms with Gasteiger partial charge in [0.1, 0.15) is 36.6 Å². The molecule has 0 aliphatic carbocycles. The highest BCUT2D eigenvalue weighted by Crippen LogP contribution is 2.55. The number of rotatable bonds is 11. The first-order valence-corrected chi connectivity index (χ1v) is 15.1. The van der Waals surface area contributed by atoms with E-state index in [4.69, 9.17) is 37.3 Å². The zero-order valence-corrected chi connectivity index (χ0v) is 24.7. The van der Waals surface area contributed by atoms with Crippen LogP contribution in [0.25, 0.3) is 0 Å². The van der Waals surface area contributed by atoms with Crippen molar-refractivity contribution in [1.29, 1.82) is 0 Å². The Morgan fingerprint density at radius 1 is 0.750 bits per heavy atom. The van der Waals surface area contributed by atoms with Gasteiger partial charge in [-0.3, -0.25) is 13.6 Å². The second-order valence-corrected chi connectivity index (χ2v) is 15.2. The quantitative estimate of drug-likeness (QED) is 0.356. The first-order chi connectivity index (χ1) is 16.3. The summed E-state index contributed by atoms with van der Waals surface area (Å²) < 4.78 is 70.2. The molecule has 0 radical (unpaired) electrons. The average Bonchev–Trinajstić information content (AvgIpc) is 3.17. The van der Waals surface area contributed by atoms with Gasteiger partial charge in [0.05, 0.1) is 36.2 Å². The summed E-state index contributed by atoms with van der Waals surface area (Å²) in [4.78, 5) is 20.8. The molecule has 2 heterocycles. The summed E-state index contributed by atoms with van der Waals surface area (Å²) in [6.45, 7) is 13.3. The van der Waals surface area contributed by atoms with E-state index in [1.165, 1.54) is 7.11 Å². The van der Waals surface area contributed by atoms with Crippen molar-refractivity contribution in [3.05, 3.63) is 0 Å². The molecule has 214 valence electrons. The number of hydrogen-bond acceptors (Lipinski definition) is 10. The van der Waals surface area contributed by atoms with Crippen molar-refractivity contribution in [1.82, 2.24) is 0 Å². The van der Waals surface area contributed by atoms with Crippen LogP contribution in [0.3, 0.4) is 0 Å². The summed E-state index contributed by atoms with van der Waals surface area (Å²) in [7, 11) is -5.70. The molecule has 2 aliphatic heterocycles. The van der Waals surface area contributed by atoms with E-state index in [2.05, 4.69) is 0 Å². The lowest BCUT2D eigenvalue weighted by Crippen LogP contribution is -2.43. The van der Waals surface area contributed by atoms with E-state index in [-0.39, 0.29) is 19.3 Å². The van der Waals surface area contributed by atoms with Gasteiger partial charge in [-0.25, -0.2) is 4.57 Å². The van der Waals surface area contributed by atoms with Gasteiger partial charge in [0.15, 0.2) is 0 Å². The van der Waals surface area contributed by atoms with Crippen LogP contribution in [-0.4, -0.2) is 96.8 Å². The average molecular weight is 563 g/mol. The van der Waals surface area contributed by atoms with Crippen LogP contribution in [0.15, 0.2) is 0 Å². The van der Waals surface area contributed by atoms with Crippen molar-refractivity contribution >= 4 is 15.4 Å². The van der Waals surface area contributed by atoms with Gasteiger partial charge in [0.2, 0.25) is 0 Å². The van der Waals surface area contributed by atoms with Gasteiger partial charge in [-0.05, 0) is 55.4 Å². The molecule has 10 atom stereocenters. The third-order valence-electron chi connectivity index (χ3n) is 6.04. The third kappa shape index (κ3) is 8.28. The molecule has 0 aromatic carbocycles. The number of ether oxygens (including phenoxy) is 5. The van der Waals surface area contributed by atoms with Gasteiger partial charge in [-0.1, -0.05) is 0 Å². The van der Waals surface area contributed by atoms with E-state index in [9.17, 15) is 18.9 Å². The van der Waals surface area contributed by atoms with Crippen molar-refractivity contribution in [2.24, 2.45) is 0 Å². The molecule has 2 aliphatic rings. The fourth-order valence-electron chi connectivity index (χ4n) is 4.14. The fourth-order valence-corrected chi connectivity index (χ4v) is 5.83. The molecule has 0 spiro atoms. The number of phosphoric ester groups is 1. The molecule has 14 heteroatoms. The van der Waals surface area contributed by atoms with Crippen LogP contribution < -0.4 is 0 Å². The van der Waals surface area contributed by atoms with E-state index in [0.29, 0.717) is 0 Å². The second-order valence-electron chi connectivity index (χ2n) is 11.2. The molecule has 2 saturated heterocycles. The van der Waals surface area contributed by atoms with Gasteiger partial charge in [-0.15, -0.1) is 0 Å². The second kappa shape index (κ2) is 12.1.